The number of anilines is 2. The number of hydrogen-bond acceptors (Lipinski definition) is 5. The van der Waals surface area contributed by atoms with Crippen molar-refractivity contribution in [2.75, 3.05) is 17.2 Å². The van der Waals surface area contributed by atoms with Gasteiger partial charge in [-0.25, -0.2) is 4.68 Å². The Labute approximate surface area is 167 Å². The average molecular weight is 391 g/mol. The van der Waals surface area contributed by atoms with Gasteiger partial charge in [0.1, 0.15) is 12.1 Å². The van der Waals surface area contributed by atoms with Crippen molar-refractivity contribution < 1.29 is 14.3 Å². The van der Waals surface area contributed by atoms with Crippen LogP contribution in [0.25, 0.3) is 0 Å². The van der Waals surface area contributed by atoms with E-state index < -0.39 is 0 Å². The Hall–Kier alpha value is -3.68. The molecule has 0 fully saturated rings. The highest BCUT2D eigenvalue weighted by molar-refractivity contribution is 5.92. The molecule has 4 rings (SSSR count). The third-order valence-electron chi connectivity index (χ3n) is 4.81. The van der Waals surface area contributed by atoms with E-state index in [-0.39, 0.29) is 30.9 Å². The number of amides is 2. The van der Waals surface area contributed by atoms with Crippen LogP contribution < -0.4 is 15.4 Å². The molecule has 0 radical (unpaired) electrons. The van der Waals surface area contributed by atoms with Gasteiger partial charge in [0.25, 0.3) is 5.91 Å². The molecule has 0 spiro atoms. The van der Waals surface area contributed by atoms with Gasteiger partial charge in [-0.3, -0.25) is 14.9 Å². The van der Waals surface area contributed by atoms with Crippen LogP contribution in [-0.2, 0) is 16.0 Å². The van der Waals surface area contributed by atoms with Gasteiger partial charge >= 0.3 is 0 Å². The van der Waals surface area contributed by atoms with Crippen molar-refractivity contribution in [2.24, 2.45) is 0 Å². The first-order valence-corrected chi connectivity index (χ1v) is 9.44. The summed E-state index contributed by atoms with van der Waals surface area (Å²) in [5.41, 5.74) is 2.80. The fourth-order valence-corrected chi connectivity index (χ4v) is 3.34. The number of fused-ring (bicyclic) bond motifs is 1. The lowest BCUT2D eigenvalue weighted by molar-refractivity contribution is -0.118. The van der Waals surface area contributed by atoms with Gasteiger partial charge in [0.05, 0.1) is 12.5 Å². The van der Waals surface area contributed by atoms with Crippen molar-refractivity contribution in [3.63, 3.8) is 0 Å². The summed E-state index contributed by atoms with van der Waals surface area (Å²) in [4.78, 5) is 28.1. The summed E-state index contributed by atoms with van der Waals surface area (Å²) in [7, 11) is 0. The molecule has 2 N–H and O–H groups in total. The van der Waals surface area contributed by atoms with Crippen molar-refractivity contribution in [1.29, 1.82) is 0 Å². The first-order valence-electron chi connectivity index (χ1n) is 9.44. The van der Waals surface area contributed by atoms with Gasteiger partial charge in [0, 0.05) is 5.69 Å². The van der Waals surface area contributed by atoms with Crippen LogP contribution in [-0.4, -0.2) is 33.2 Å². The predicted molar refractivity (Wildman–Crippen MR) is 108 cm³/mol. The molecule has 2 amide bonds. The molecule has 0 bridgehead atoms. The smallest absolute Gasteiger partial charge is 0.262 e. The highest BCUT2D eigenvalue weighted by Gasteiger charge is 2.27. The van der Waals surface area contributed by atoms with E-state index >= 15 is 0 Å². The maximum Gasteiger partial charge on any atom is 0.262 e. The number of nitrogens with zero attached hydrogens (tertiary/aromatic N) is 3. The van der Waals surface area contributed by atoms with Crippen LogP contribution in [0.4, 0.5) is 11.6 Å². The van der Waals surface area contributed by atoms with E-state index in [9.17, 15) is 9.59 Å². The zero-order valence-corrected chi connectivity index (χ0v) is 16.0. The Morgan fingerprint density at radius 1 is 1.24 bits per heavy atom. The van der Waals surface area contributed by atoms with E-state index in [2.05, 4.69) is 20.7 Å². The first kappa shape index (κ1) is 18.7. The van der Waals surface area contributed by atoms with Crippen LogP contribution in [0.1, 0.15) is 30.5 Å². The van der Waals surface area contributed by atoms with Crippen LogP contribution in [0.5, 0.6) is 5.75 Å². The number of nitrogens with one attached hydrogen (secondary N) is 2. The third-order valence-corrected chi connectivity index (χ3v) is 4.81. The van der Waals surface area contributed by atoms with Gasteiger partial charge in [0.15, 0.2) is 6.61 Å². The average Bonchev–Trinajstić information content (AvgIpc) is 3.21. The highest BCUT2D eigenvalue weighted by Crippen LogP contribution is 2.29. The predicted octanol–water partition coefficient (Wildman–Crippen LogP) is 2.79. The minimum absolute atomic E-state index is 0.0869. The SMILES string of the molecule is CCc1ccccc1NC(=O)COc1ccc([C@H]2CC(=O)Nc3ncnn32)cc1. The number of aryl methyl sites for hydroxylation is 1. The van der Waals surface area contributed by atoms with E-state index in [1.165, 1.54) is 6.33 Å². The van der Waals surface area contributed by atoms with Crippen LogP contribution in [0.3, 0.4) is 0 Å². The maximum atomic E-state index is 12.2. The van der Waals surface area contributed by atoms with Gasteiger partial charge in [-0.1, -0.05) is 37.3 Å². The molecule has 2 heterocycles. The number of rotatable bonds is 6. The maximum absolute atomic E-state index is 12.2. The Kier molecular flexibility index (Phi) is 5.24. The summed E-state index contributed by atoms with van der Waals surface area (Å²) < 4.78 is 7.30. The Bertz CT molecular complexity index is 1030. The number of ether oxygens (including phenoxy) is 1. The minimum atomic E-state index is -0.218. The van der Waals surface area contributed by atoms with E-state index in [1.807, 2.05) is 43.3 Å². The molecule has 1 atom stereocenters. The topological polar surface area (TPSA) is 98.1 Å². The summed E-state index contributed by atoms with van der Waals surface area (Å²) >= 11 is 0. The van der Waals surface area contributed by atoms with Crippen molar-refractivity contribution >= 4 is 23.5 Å². The molecule has 8 nitrogen and oxygen atoms in total. The van der Waals surface area contributed by atoms with Crippen molar-refractivity contribution in [1.82, 2.24) is 14.8 Å². The fourth-order valence-electron chi connectivity index (χ4n) is 3.34. The number of aromatic nitrogens is 3. The second-order valence-electron chi connectivity index (χ2n) is 6.71. The van der Waals surface area contributed by atoms with Gasteiger partial charge in [-0.2, -0.15) is 10.1 Å². The summed E-state index contributed by atoms with van der Waals surface area (Å²) in [6.45, 7) is 1.96. The Morgan fingerprint density at radius 2 is 2.03 bits per heavy atom. The highest BCUT2D eigenvalue weighted by atomic mass is 16.5. The second kappa shape index (κ2) is 8.14. The number of carbonyl (C=O) groups excluding carboxylic acids is 2. The third kappa shape index (κ3) is 4.11. The van der Waals surface area contributed by atoms with Gasteiger partial charge in [-0.15, -0.1) is 0 Å². The lowest BCUT2D eigenvalue weighted by atomic mass is 10.0. The summed E-state index contributed by atoms with van der Waals surface area (Å²) in [6, 6.07) is 14.8. The lowest BCUT2D eigenvalue weighted by Crippen LogP contribution is -2.29. The standard InChI is InChI=1S/C21H21N5O3/c1-2-14-5-3-4-6-17(14)24-20(28)12-29-16-9-7-15(8-10-16)18-11-19(27)25-21-22-13-23-26(18)21/h3-10,13,18H,2,11-12H2,1H3,(H,24,28)(H,22,23,25,27)/t18-/m1/s1. The summed E-state index contributed by atoms with van der Waals surface area (Å²) in [5.74, 6) is 0.702. The van der Waals surface area contributed by atoms with Gasteiger partial charge in [0.2, 0.25) is 11.9 Å². The molecule has 1 aromatic heterocycles. The molecule has 148 valence electrons. The summed E-state index contributed by atoms with van der Waals surface area (Å²) in [6.07, 6.45) is 2.54. The minimum Gasteiger partial charge on any atom is -0.484 e. The quantitative estimate of drug-likeness (QED) is 0.673. The monoisotopic (exact) mass is 391 g/mol. The molecule has 2 aromatic carbocycles. The first-order chi connectivity index (χ1) is 14.1. The van der Waals surface area contributed by atoms with Crippen molar-refractivity contribution in [3.8, 4) is 5.75 Å². The molecule has 3 aromatic rings. The van der Waals surface area contributed by atoms with E-state index in [0.29, 0.717) is 11.7 Å². The fraction of sp³-hybridized carbons (Fsp3) is 0.238. The Morgan fingerprint density at radius 3 is 2.83 bits per heavy atom. The zero-order chi connectivity index (χ0) is 20.2. The lowest BCUT2D eigenvalue weighted by Gasteiger charge is -2.23. The van der Waals surface area contributed by atoms with Gasteiger partial charge < -0.3 is 10.1 Å². The number of benzene rings is 2. The van der Waals surface area contributed by atoms with Crippen LogP contribution in [0, 0.1) is 0 Å². The molecule has 29 heavy (non-hydrogen) atoms. The van der Waals surface area contributed by atoms with E-state index in [0.717, 1.165) is 23.2 Å². The molecular weight excluding hydrogens is 370 g/mol. The molecule has 1 aliphatic rings. The molecule has 8 heteroatoms. The number of carbonyl (C=O) groups is 2. The van der Waals surface area contributed by atoms with Crippen LogP contribution in [0.15, 0.2) is 54.9 Å². The largest absolute Gasteiger partial charge is 0.484 e. The molecule has 0 aliphatic carbocycles. The van der Waals surface area contributed by atoms with Crippen LogP contribution in [0.2, 0.25) is 0 Å². The number of para-hydroxylation sites is 1. The van der Waals surface area contributed by atoms with E-state index in [4.69, 9.17) is 4.74 Å². The van der Waals surface area contributed by atoms with Crippen molar-refractivity contribution in [2.45, 2.75) is 25.8 Å². The molecular formula is C21H21N5O3. The Balaban J connectivity index is 1.38. The summed E-state index contributed by atoms with van der Waals surface area (Å²) in [5, 5.41) is 9.77. The number of hydrogen-bond donors (Lipinski definition) is 2. The molecule has 0 saturated heterocycles. The second-order valence-corrected chi connectivity index (χ2v) is 6.71. The van der Waals surface area contributed by atoms with Crippen LogP contribution >= 0.6 is 0 Å². The normalized spacial score (nSPS) is 15.3. The van der Waals surface area contributed by atoms with Crippen molar-refractivity contribution in [3.05, 3.63) is 66.0 Å². The van der Waals surface area contributed by atoms with Gasteiger partial charge in [-0.05, 0) is 35.7 Å². The molecule has 1 aliphatic heterocycles. The molecule has 0 saturated carbocycles. The zero-order valence-electron chi connectivity index (χ0n) is 16.0. The molecule has 0 unspecified atom stereocenters. The van der Waals surface area contributed by atoms with E-state index in [1.54, 1.807) is 16.8 Å².